The van der Waals surface area contributed by atoms with Crippen LogP contribution in [0.15, 0.2) is 0 Å². The summed E-state index contributed by atoms with van der Waals surface area (Å²) in [6.07, 6.45) is 2.36. The molecular weight excluding hydrogens is 236 g/mol. The van der Waals surface area contributed by atoms with Gasteiger partial charge in [0.1, 0.15) is 0 Å². The summed E-state index contributed by atoms with van der Waals surface area (Å²) in [5, 5.41) is 12.5. The van der Waals surface area contributed by atoms with Crippen molar-refractivity contribution >= 4 is 17.8 Å². The first-order valence-electron chi connectivity index (χ1n) is 6.44. The molecule has 0 aromatic rings. The quantitative estimate of drug-likeness (QED) is 0.740. The average Bonchev–Trinajstić information content (AvgIpc) is 2.29. The van der Waals surface area contributed by atoms with Crippen molar-refractivity contribution in [2.75, 3.05) is 24.6 Å². The van der Waals surface area contributed by atoms with Gasteiger partial charge in [-0.2, -0.15) is 11.8 Å². The molecular formula is C12H24N2O2S. The molecule has 0 bridgehead atoms. The molecule has 2 amide bonds. The number of nitrogens with one attached hydrogen (secondary N) is 1. The number of rotatable bonds is 5. The Labute approximate surface area is 108 Å². The van der Waals surface area contributed by atoms with Crippen LogP contribution in [0.25, 0.3) is 0 Å². The SMILES string of the molecule is CCSCCC(C)NC(=O)N1CCCC(O)C1. The van der Waals surface area contributed by atoms with Gasteiger partial charge in [-0.05, 0) is 37.7 Å². The van der Waals surface area contributed by atoms with Gasteiger partial charge < -0.3 is 15.3 Å². The van der Waals surface area contributed by atoms with Crippen LogP contribution < -0.4 is 5.32 Å². The maximum absolute atomic E-state index is 11.9. The third kappa shape index (κ3) is 5.64. The number of nitrogens with zero attached hydrogens (tertiary/aromatic N) is 1. The minimum absolute atomic E-state index is 0.0299. The highest BCUT2D eigenvalue weighted by atomic mass is 32.2. The van der Waals surface area contributed by atoms with E-state index in [4.69, 9.17) is 0 Å². The molecule has 0 aromatic carbocycles. The lowest BCUT2D eigenvalue weighted by atomic mass is 10.1. The first kappa shape index (κ1) is 14.6. The van der Waals surface area contributed by atoms with E-state index in [9.17, 15) is 9.90 Å². The molecule has 5 heteroatoms. The Hall–Kier alpha value is -0.420. The number of aliphatic hydroxyl groups excluding tert-OH is 1. The van der Waals surface area contributed by atoms with E-state index in [0.717, 1.165) is 37.3 Å². The molecule has 1 aliphatic heterocycles. The van der Waals surface area contributed by atoms with Crippen LogP contribution in [0.2, 0.25) is 0 Å². The molecule has 2 atom stereocenters. The summed E-state index contributed by atoms with van der Waals surface area (Å²) in [6.45, 7) is 5.42. The molecule has 17 heavy (non-hydrogen) atoms. The van der Waals surface area contributed by atoms with Crippen molar-refractivity contribution in [3.8, 4) is 0 Å². The third-order valence-corrected chi connectivity index (χ3v) is 3.89. The fraction of sp³-hybridized carbons (Fsp3) is 0.917. The average molecular weight is 260 g/mol. The normalized spacial score (nSPS) is 22.3. The summed E-state index contributed by atoms with van der Waals surface area (Å²) in [7, 11) is 0. The Morgan fingerprint density at radius 2 is 2.41 bits per heavy atom. The second-order valence-electron chi connectivity index (χ2n) is 4.58. The molecule has 0 aromatic heterocycles. The van der Waals surface area contributed by atoms with Crippen LogP contribution in [0.3, 0.4) is 0 Å². The highest BCUT2D eigenvalue weighted by molar-refractivity contribution is 7.99. The van der Waals surface area contributed by atoms with E-state index in [2.05, 4.69) is 12.2 Å². The summed E-state index contributed by atoms with van der Waals surface area (Å²) >= 11 is 1.89. The maximum atomic E-state index is 11.9. The molecule has 1 heterocycles. The van der Waals surface area contributed by atoms with Gasteiger partial charge in [0, 0.05) is 19.1 Å². The topological polar surface area (TPSA) is 52.6 Å². The van der Waals surface area contributed by atoms with Gasteiger partial charge in [-0.25, -0.2) is 4.79 Å². The fourth-order valence-electron chi connectivity index (χ4n) is 1.92. The molecule has 1 fully saturated rings. The zero-order valence-electron chi connectivity index (χ0n) is 10.8. The Morgan fingerprint density at radius 3 is 3.06 bits per heavy atom. The van der Waals surface area contributed by atoms with Crippen molar-refractivity contribution in [2.45, 2.75) is 45.3 Å². The monoisotopic (exact) mass is 260 g/mol. The summed E-state index contributed by atoms with van der Waals surface area (Å²) in [4.78, 5) is 13.6. The number of thioether (sulfide) groups is 1. The molecule has 0 saturated carbocycles. The van der Waals surface area contributed by atoms with Crippen molar-refractivity contribution in [1.82, 2.24) is 10.2 Å². The number of aliphatic hydroxyl groups is 1. The van der Waals surface area contributed by atoms with Crippen molar-refractivity contribution in [3.05, 3.63) is 0 Å². The van der Waals surface area contributed by atoms with Crippen LogP contribution >= 0.6 is 11.8 Å². The Bertz CT molecular complexity index is 239. The van der Waals surface area contributed by atoms with E-state index in [1.807, 2.05) is 18.7 Å². The standard InChI is InChI=1S/C12H24N2O2S/c1-3-17-8-6-10(2)13-12(16)14-7-4-5-11(15)9-14/h10-11,15H,3-9H2,1-2H3,(H,13,16). The number of carbonyl (C=O) groups excluding carboxylic acids is 1. The highest BCUT2D eigenvalue weighted by Gasteiger charge is 2.22. The van der Waals surface area contributed by atoms with Crippen LogP contribution in [-0.2, 0) is 0 Å². The lowest BCUT2D eigenvalue weighted by Gasteiger charge is -2.31. The van der Waals surface area contributed by atoms with Gasteiger partial charge in [-0.3, -0.25) is 0 Å². The maximum Gasteiger partial charge on any atom is 0.317 e. The van der Waals surface area contributed by atoms with Crippen LogP contribution in [0, 0.1) is 0 Å². The van der Waals surface area contributed by atoms with Crippen LogP contribution in [0.4, 0.5) is 4.79 Å². The van der Waals surface area contributed by atoms with Gasteiger partial charge in [-0.1, -0.05) is 6.92 Å². The number of carbonyl (C=O) groups is 1. The number of hydrogen-bond donors (Lipinski definition) is 2. The number of hydrogen-bond acceptors (Lipinski definition) is 3. The summed E-state index contributed by atoms with van der Waals surface area (Å²) in [5.74, 6) is 2.21. The fourth-order valence-corrected chi connectivity index (χ4v) is 2.73. The second kappa shape index (κ2) is 7.82. The minimum Gasteiger partial charge on any atom is -0.391 e. The van der Waals surface area contributed by atoms with E-state index in [1.54, 1.807) is 4.90 Å². The van der Waals surface area contributed by atoms with Crippen molar-refractivity contribution in [2.24, 2.45) is 0 Å². The smallest absolute Gasteiger partial charge is 0.317 e. The lowest BCUT2D eigenvalue weighted by Crippen LogP contribution is -2.49. The molecule has 4 nitrogen and oxygen atoms in total. The minimum atomic E-state index is -0.347. The summed E-state index contributed by atoms with van der Waals surface area (Å²) in [6, 6.07) is 0.179. The zero-order chi connectivity index (χ0) is 12.7. The first-order valence-corrected chi connectivity index (χ1v) is 7.60. The highest BCUT2D eigenvalue weighted by Crippen LogP contribution is 2.10. The Balaban J connectivity index is 2.22. The van der Waals surface area contributed by atoms with Crippen LogP contribution in [0.5, 0.6) is 0 Å². The second-order valence-corrected chi connectivity index (χ2v) is 5.97. The molecule has 100 valence electrons. The van der Waals surface area contributed by atoms with Gasteiger partial charge in [0.2, 0.25) is 0 Å². The van der Waals surface area contributed by atoms with E-state index >= 15 is 0 Å². The molecule has 1 saturated heterocycles. The van der Waals surface area contributed by atoms with E-state index in [0.29, 0.717) is 6.54 Å². The molecule has 0 aliphatic carbocycles. The Kier molecular flexibility index (Phi) is 6.73. The number of amides is 2. The number of β-amino-alcohol motifs (C(OH)–C–C–N with tert-alkyl or cyclic N) is 1. The third-order valence-electron chi connectivity index (χ3n) is 2.95. The van der Waals surface area contributed by atoms with E-state index in [1.165, 1.54) is 0 Å². The molecule has 0 radical (unpaired) electrons. The first-order chi connectivity index (χ1) is 8.13. The lowest BCUT2D eigenvalue weighted by molar-refractivity contribution is 0.0834. The largest absolute Gasteiger partial charge is 0.391 e. The summed E-state index contributed by atoms with van der Waals surface area (Å²) in [5.41, 5.74) is 0. The van der Waals surface area contributed by atoms with E-state index < -0.39 is 0 Å². The van der Waals surface area contributed by atoms with Gasteiger partial charge >= 0.3 is 6.03 Å². The number of urea groups is 1. The predicted octanol–water partition coefficient (Wildman–Crippen LogP) is 1.68. The molecule has 2 unspecified atom stereocenters. The van der Waals surface area contributed by atoms with Crippen molar-refractivity contribution in [1.29, 1.82) is 0 Å². The molecule has 1 rings (SSSR count). The van der Waals surface area contributed by atoms with Gasteiger partial charge in [0.05, 0.1) is 6.10 Å². The molecule has 0 spiro atoms. The zero-order valence-corrected chi connectivity index (χ0v) is 11.6. The van der Waals surface area contributed by atoms with Gasteiger partial charge in [-0.15, -0.1) is 0 Å². The van der Waals surface area contributed by atoms with Gasteiger partial charge in [0.25, 0.3) is 0 Å². The molecule has 2 N–H and O–H groups in total. The van der Waals surface area contributed by atoms with E-state index in [-0.39, 0.29) is 18.2 Å². The Morgan fingerprint density at radius 1 is 1.65 bits per heavy atom. The van der Waals surface area contributed by atoms with Crippen molar-refractivity contribution < 1.29 is 9.90 Å². The number of piperidine rings is 1. The predicted molar refractivity (Wildman–Crippen MR) is 72.4 cm³/mol. The molecule has 1 aliphatic rings. The van der Waals surface area contributed by atoms with Crippen LogP contribution in [-0.4, -0.2) is 52.8 Å². The number of likely N-dealkylation sites (tertiary alicyclic amines) is 1. The summed E-state index contributed by atoms with van der Waals surface area (Å²) < 4.78 is 0. The van der Waals surface area contributed by atoms with Gasteiger partial charge in [0.15, 0.2) is 0 Å². The van der Waals surface area contributed by atoms with Crippen LogP contribution in [0.1, 0.15) is 33.1 Å². The van der Waals surface area contributed by atoms with Crippen molar-refractivity contribution in [3.63, 3.8) is 0 Å².